The molecule has 0 bridgehead atoms. The topological polar surface area (TPSA) is 49.0 Å². The maximum absolute atomic E-state index is 5.76. The number of nitrogens with one attached hydrogen (secondary N) is 2. The fraction of sp³-hybridized carbons (Fsp3) is 1.00. The molecule has 0 aromatic heterocycles. The summed E-state index contributed by atoms with van der Waals surface area (Å²) in [5.41, 5.74) is 0. The van der Waals surface area contributed by atoms with Gasteiger partial charge in [-0.2, -0.15) is 0 Å². The molecular formula is C21H50N4O2. The Bertz CT molecular complexity index is 336. The molecule has 2 unspecified atom stereocenters. The summed E-state index contributed by atoms with van der Waals surface area (Å²) in [6, 6.07) is 0.590. The third-order valence-corrected chi connectivity index (χ3v) is 5.53. The molecule has 6 nitrogen and oxygen atoms in total. The van der Waals surface area contributed by atoms with Gasteiger partial charge in [-0.15, -0.1) is 0 Å². The Balaban J connectivity index is 0. The van der Waals surface area contributed by atoms with Crippen LogP contribution in [0, 0.1) is 5.92 Å². The molecule has 1 heterocycles. The lowest BCUT2D eigenvalue weighted by Crippen LogP contribution is -2.48. The van der Waals surface area contributed by atoms with Crippen LogP contribution < -0.4 is 10.6 Å². The molecule has 1 rings (SSSR count). The van der Waals surface area contributed by atoms with Gasteiger partial charge in [0.15, 0.2) is 0 Å². The van der Waals surface area contributed by atoms with Gasteiger partial charge in [0.25, 0.3) is 0 Å². The number of hydrogen-bond acceptors (Lipinski definition) is 6. The molecule has 27 heavy (non-hydrogen) atoms. The van der Waals surface area contributed by atoms with Crippen molar-refractivity contribution < 1.29 is 12.3 Å². The zero-order chi connectivity index (χ0) is 19.7. The van der Waals surface area contributed by atoms with E-state index in [4.69, 9.17) is 9.47 Å². The Morgan fingerprint density at radius 3 is 1.89 bits per heavy atom. The van der Waals surface area contributed by atoms with E-state index in [1.807, 2.05) is 0 Å². The average molecular weight is 391 g/mol. The minimum absolute atomic E-state index is 0. The monoisotopic (exact) mass is 390 g/mol. The highest BCUT2D eigenvalue weighted by Crippen LogP contribution is 2.01. The molecule has 0 amide bonds. The van der Waals surface area contributed by atoms with Crippen LogP contribution in [0.4, 0.5) is 0 Å². The molecule has 2 N–H and O–H groups in total. The van der Waals surface area contributed by atoms with Crippen molar-refractivity contribution in [3.05, 3.63) is 0 Å². The second-order valence-electron chi connectivity index (χ2n) is 7.89. The predicted octanol–water partition coefficient (Wildman–Crippen LogP) is 2.15. The van der Waals surface area contributed by atoms with Gasteiger partial charge in [0.2, 0.25) is 0 Å². The maximum atomic E-state index is 5.76. The summed E-state index contributed by atoms with van der Waals surface area (Å²) >= 11 is 0. The van der Waals surface area contributed by atoms with Gasteiger partial charge in [0.05, 0.1) is 26.4 Å². The molecular weight excluding hydrogens is 340 g/mol. The molecule has 0 aromatic rings. The zero-order valence-electron chi connectivity index (χ0n) is 18.5. The van der Waals surface area contributed by atoms with E-state index < -0.39 is 0 Å². The molecule has 0 aromatic carbocycles. The lowest BCUT2D eigenvalue weighted by Gasteiger charge is -2.34. The van der Waals surface area contributed by atoms with Crippen LogP contribution >= 0.6 is 0 Å². The van der Waals surface area contributed by atoms with E-state index in [0.29, 0.717) is 6.04 Å². The van der Waals surface area contributed by atoms with Crippen molar-refractivity contribution in [2.24, 2.45) is 5.92 Å². The lowest BCUT2D eigenvalue weighted by molar-refractivity contribution is 0.0575. The van der Waals surface area contributed by atoms with Crippen molar-refractivity contribution in [1.29, 1.82) is 0 Å². The summed E-state index contributed by atoms with van der Waals surface area (Å²) in [7, 11) is 0. The van der Waals surface area contributed by atoms with E-state index in [1.54, 1.807) is 0 Å². The Kier molecular flexibility index (Phi) is 15.3. The first-order valence-electron chi connectivity index (χ1n) is 11.2. The van der Waals surface area contributed by atoms with Crippen LogP contribution in [0.25, 0.3) is 0 Å². The second-order valence-corrected chi connectivity index (χ2v) is 7.89. The summed E-state index contributed by atoms with van der Waals surface area (Å²) in [6.45, 7) is 22.0. The second kappa shape index (κ2) is 16.7. The number of hydrogen-bond donors (Lipinski definition) is 2. The van der Waals surface area contributed by atoms with Crippen LogP contribution in [0.3, 0.4) is 0 Å². The summed E-state index contributed by atoms with van der Waals surface area (Å²) in [4.78, 5) is 5.03. The van der Waals surface area contributed by atoms with E-state index >= 15 is 0 Å². The highest BCUT2D eigenvalue weighted by Gasteiger charge is 2.16. The minimum atomic E-state index is 0. The molecule has 0 spiro atoms. The SMILES string of the molecule is CCC(C)CNCCOCCN1CCN(CCOCCNC(C)CC)CC1.[HH].[HH]. The standard InChI is InChI=1S/C21H46N4O2.2H2/c1-5-20(3)19-22-7-15-26-17-13-24-9-11-25(12-10-24)14-18-27-16-8-23-21(4)6-2;;/h20-23H,5-19H2,1-4H3;2*1H. The Labute approximate surface area is 171 Å². The van der Waals surface area contributed by atoms with Gasteiger partial charge in [0, 0.05) is 61.3 Å². The van der Waals surface area contributed by atoms with E-state index in [9.17, 15) is 0 Å². The molecule has 1 saturated heterocycles. The molecule has 1 aliphatic heterocycles. The minimum Gasteiger partial charge on any atom is -0.379 e. The van der Waals surface area contributed by atoms with Crippen molar-refractivity contribution in [3.8, 4) is 0 Å². The van der Waals surface area contributed by atoms with Crippen LogP contribution in [0.1, 0.15) is 43.4 Å². The van der Waals surface area contributed by atoms with E-state index in [-0.39, 0.29) is 2.85 Å². The largest absolute Gasteiger partial charge is 0.379 e. The molecule has 1 aliphatic rings. The molecule has 166 valence electrons. The van der Waals surface area contributed by atoms with Crippen molar-refractivity contribution in [2.75, 3.05) is 85.3 Å². The fourth-order valence-electron chi connectivity index (χ4n) is 2.99. The lowest BCUT2D eigenvalue weighted by atomic mass is 10.1. The first-order valence-corrected chi connectivity index (χ1v) is 11.2. The number of nitrogens with zero attached hydrogens (tertiary/aromatic N) is 2. The van der Waals surface area contributed by atoms with Gasteiger partial charge in [-0.25, -0.2) is 0 Å². The van der Waals surface area contributed by atoms with Crippen molar-refractivity contribution in [1.82, 2.24) is 20.4 Å². The smallest absolute Gasteiger partial charge is 0.0594 e. The third kappa shape index (κ3) is 13.6. The fourth-order valence-corrected chi connectivity index (χ4v) is 2.99. The summed E-state index contributed by atoms with van der Waals surface area (Å²) in [6.07, 6.45) is 2.41. The van der Waals surface area contributed by atoms with Gasteiger partial charge in [-0.1, -0.05) is 27.2 Å². The predicted molar refractivity (Wildman–Crippen MR) is 119 cm³/mol. The van der Waals surface area contributed by atoms with E-state index in [2.05, 4.69) is 48.1 Å². The van der Waals surface area contributed by atoms with Crippen molar-refractivity contribution in [2.45, 2.75) is 46.6 Å². The summed E-state index contributed by atoms with van der Waals surface area (Å²) < 4.78 is 11.5. The van der Waals surface area contributed by atoms with Crippen LogP contribution in [-0.2, 0) is 9.47 Å². The zero-order valence-corrected chi connectivity index (χ0v) is 18.5. The van der Waals surface area contributed by atoms with Gasteiger partial charge >= 0.3 is 0 Å². The number of ether oxygens (including phenoxy) is 2. The van der Waals surface area contributed by atoms with Crippen molar-refractivity contribution in [3.63, 3.8) is 0 Å². The van der Waals surface area contributed by atoms with Crippen LogP contribution in [0.2, 0.25) is 0 Å². The number of piperazine rings is 1. The van der Waals surface area contributed by atoms with Crippen LogP contribution in [-0.4, -0.2) is 101 Å². The molecule has 0 saturated carbocycles. The Morgan fingerprint density at radius 1 is 0.815 bits per heavy atom. The summed E-state index contributed by atoms with van der Waals surface area (Å²) in [5, 5.41) is 6.92. The normalized spacial score (nSPS) is 18.7. The summed E-state index contributed by atoms with van der Waals surface area (Å²) in [5.74, 6) is 0.758. The Morgan fingerprint density at radius 2 is 1.37 bits per heavy atom. The van der Waals surface area contributed by atoms with E-state index in [1.165, 1.54) is 12.8 Å². The molecule has 0 aliphatic carbocycles. The highest BCUT2D eigenvalue weighted by atomic mass is 16.5. The molecule has 2 atom stereocenters. The molecule has 0 radical (unpaired) electrons. The van der Waals surface area contributed by atoms with Gasteiger partial charge < -0.3 is 20.1 Å². The van der Waals surface area contributed by atoms with E-state index in [0.717, 1.165) is 91.2 Å². The van der Waals surface area contributed by atoms with Crippen molar-refractivity contribution >= 4 is 0 Å². The first-order chi connectivity index (χ1) is 13.2. The quantitative estimate of drug-likeness (QED) is 0.371. The highest BCUT2D eigenvalue weighted by molar-refractivity contribution is 4.71. The molecule has 6 heteroatoms. The Hall–Kier alpha value is -0.240. The van der Waals surface area contributed by atoms with Crippen LogP contribution in [0.5, 0.6) is 0 Å². The maximum Gasteiger partial charge on any atom is 0.0594 e. The van der Waals surface area contributed by atoms with Gasteiger partial charge in [-0.3, -0.25) is 9.80 Å². The van der Waals surface area contributed by atoms with Gasteiger partial charge in [-0.05, 0) is 25.8 Å². The third-order valence-electron chi connectivity index (χ3n) is 5.53. The molecule has 1 fully saturated rings. The average Bonchev–Trinajstić information content (AvgIpc) is 2.70. The van der Waals surface area contributed by atoms with Gasteiger partial charge in [0.1, 0.15) is 0 Å². The first kappa shape index (κ1) is 24.8. The number of rotatable bonds is 17. The van der Waals surface area contributed by atoms with Crippen LogP contribution in [0.15, 0.2) is 0 Å².